The first kappa shape index (κ1) is 23.7. The highest BCUT2D eigenvalue weighted by Gasteiger charge is 2.20. The largest absolute Gasteiger partial charge is 0.354 e. The number of benzene rings is 3. The minimum absolute atomic E-state index is 0.0439. The van der Waals surface area contributed by atoms with Crippen molar-refractivity contribution in [2.24, 2.45) is 0 Å². The molecule has 0 aliphatic carbocycles. The Balaban J connectivity index is 1.93. The van der Waals surface area contributed by atoms with Crippen molar-refractivity contribution in [1.82, 2.24) is 5.32 Å². The lowest BCUT2D eigenvalue weighted by atomic mass is 10.1. The third kappa shape index (κ3) is 6.49. The monoisotopic (exact) mass is 445 g/mol. The van der Waals surface area contributed by atoms with Gasteiger partial charge in [0.15, 0.2) is 0 Å². The number of anilines is 1. The van der Waals surface area contributed by atoms with Gasteiger partial charge >= 0.3 is 0 Å². The molecule has 0 aliphatic rings. The van der Waals surface area contributed by atoms with Gasteiger partial charge in [0.25, 0.3) is 11.6 Å². The van der Waals surface area contributed by atoms with Crippen molar-refractivity contribution in [3.05, 3.63) is 105 Å². The maximum Gasteiger partial charge on any atom is 0.269 e. The molecule has 0 heterocycles. The lowest BCUT2D eigenvalue weighted by Gasteiger charge is -2.24. The molecule has 170 valence electrons. The quantitative estimate of drug-likeness (QED) is 0.397. The van der Waals surface area contributed by atoms with Gasteiger partial charge in [0, 0.05) is 29.4 Å². The second kappa shape index (κ2) is 10.5. The van der Waals surface area contributed by atoms with Crippen LogP contribution in [0.5, 0.6) is 0 Å². The van der Waals surface area contributed by atoms with Gasteiger partial charge < -0.3 is 10.2 Å². The molecule has 2 amide bonds. The number of hydrogen-bond donors (Lipinski definition) is 1. The molecule has 0 atom stereocenters. The first-order valence-corrected chi connectivity index (χ1v) is 10.7. The highest BCUT2D eigenvalue weighted by Crippen LogP contribution is 2.23. The fourth-order valence-corrected chi connectivity index (χ4v) is 3.43. The van der Waals surface area contributed by atoms with E-state index in [1.807, 2.05) is 69.3 Å². The smallest absolute Gasteiger partial charge is 0.269 e. The van der Waals surface area contributed by atoms with Crippen LogP contribution in [-0.2, 0) is 17.8 Å². The first-order valence-electron chi connectivity index (χ1n) is 10.7. The number of carbonyl (C=O) groups is 2. The van der Waals surface area contributed by atoms with Crippen LogP contribution >= 0.6 is 0 Å². The summed E-state index contributed by atoms with van der Waals surface area (Å²) >= 11 is 0. The molecule has 0 aromatic heterocycles. The number of nitro benzene ring substituents is 1. The van der Waals surface area contributed by atoms with Crippen molar-refractivity contribution < 1.29 is 14.5 Å². The second-order valence-corrected chi connectivity index (χ2v) is 8.25. The molecule has 7 nitrogen and oxygen atoms in total. The van der Waals surface area contributed by atoms with E-state index < -0.39 is 4.92 Å². The Morgan fingerprint density at radius 2 is 1.64 bits per heavy atom. The molecular weight excluding hydrogens is 418 g/mol. The van der Waals surface area contributed by atoms with E-state index in [1.54, 1.807) is 4.90 Å². The number of rotatable bonds is 8. The van der Waals surface area contributed by atoms with Crippen LogP contribution in [-0.4, -0.2) is 22.8 Å². The number of aryl methyl sites for hydroxylation is 1. The number of carbonyl (C=O) groups excluding carboxylic acids is 2. The van der Waals surface area contributed by atoms with Crippen LogP contribution in [0.15, 0.2) is 72.8 Å². The number of hydrogen-bond acceptors (Lipinski definition) is 4. The van der Waals surface area contributed by atoms with Crippen LogP contribution in [0.4, 0.5) is 11.4 Å². The lowest BCUT2D eigenvalue weighted by molar-refractivity contribution is -0.384. The summed E-state index contributed by atoms with van der Waals surface area (Å²) in [7, 11) is 0. The van der Waals surface area contributed by atoms with Crippen LogP contribution in [0.3, 0.4) is 0 Å². The molecule has 0 bridgehead atoms. The minimum atomic E-state index is -0.496. The Labute approximate surface area is 193 Å². The molecule has 0 spiro atoms. The fourth-order valence-electron chi connectivity index (χ4n) is 3.43. The zero-order valence-corrected chi connectivity index (χ0v) is 18.9. The predicted octanol–water partition coefficient (Wildman–Crippen LogP) is 4.82. The molecule has 3 rings (SSSR count). The van der Waals surface area contributed by atoms with Gasteiger partial charge in [0.05, 0.1) is 17.9 Å². The Morgan fingerprint density at radius 3 is 2.24 bits per heavy atom. The Hall–Kier alpha value is -4.00. The summed E-state index contributed by atoms with van der Waals surface area (Å²) in [6.07, 6.45) is 0.204. The average molecular weight is 446 g/mol. The van der Waals surface area contributed by atoms with E-state index in [9.17, 15) is 19.7 Å². The van der Waals surface area contributed by atoms with Crippen molar-refractivity contribution in [2.45, 2.75) is 39.8 Å². The number of nitrogens with zero attached hydrogens (tertiary/aromatic N) is 2. The summed E-state index contributed by atoms with van der Waals surface area (Å²) in [6.45, 7) is 6.12. The molecule has 3 aromatic carbocycles. The van der Waals surface area contributed by atoms with Crippen LogP contribution in [0, 0.1) is 17.0 Å². The Morgan fingerprint density at radius 1 is 0.970 bits per heavy atom. The topological polar surface area (TPSA) is 92.6 Å². The Bertz CT molecular complexity index is 1140. The van der Waals surface area contributed by atoms with Crippen LogP contribution in [0.1, 0.15) is 40.9 Å². The van der Waals surface area contributed by atoms with Crippen LogP contribution in [0.25, 0.3) is 0 Å². The highest BCUT2D eigenvalue weighted by atomic mass is 16.6. The number of nitro groups is 1. The summed E-state index contributed by atoms with van der Waals surface area (Å²) in [4.78, 5) is 37.8. The molecule has 0 radical (unpaired) electrons. The summed E-state index contributed by atoms with van der Waals surface area (Å²) in [5.74, 6) is -0.372. The standard InChI is InChI=1S/C26H27N3O4/c1-18(2)27-25(30)16-21-5-4-6-24(15-21)28(17-20-9-7-19(3)8-10-20)26(31)22-11-13-23(14-12-22)29(32)33/h4-15,18H,16-17H2,1-3H3,(H,27,30). The van der Waals surface area contributed by atoms with E-state index in [1.165, 1.54) is 24.3 Å². The predicted molar refractivity (Wildman–Crippen MR) is 128 cm³/mol. The van der Waals surface area contributed by atoms with Crippen LogP contribution < -0.4 is 10.2 Å². The third-order valence-corrected chi connectivity index (χ3v) is 5.07. The summed E-state index contributed by atoms with van der Waals surface area (Å²) in [6, 6.07) is 20.8. The van der Waals surface area contributed by atoms with Gasteiger partial charge in [-0.25, -0.2) is 0 Å². The normalized spacial score (nSPS) is 10.7. The second-order valence-electron chi connectivity index (χ2n) is 8.25. The maximum absolute atomic E-state index is 13.5. The van der Waals surface area contributed by atoms with Gasteiger partial charge in [-0.3, -0.25) is 19.7 Å². The molecule has 0 aliphatic heterocycles. The SMILES string of the molecule is Cc1ccc(CN(C(=O)c2ccc([N+](=O)[O-])cc2)c2cccc(CC(=O)NC(C)C)c2)cc1. The zero-order chi connectivity index (χ0) is 24.0. The third-order valence-electron chi connectivity index (χ3n) is 5.07. The summed E-state index contributed by atoms with van der Waals surface area (Å²) in [5.41, 5.74) is 3.76. The van der Waals surface area contributed by atoms with E-state index in [-0.39, 0.29) is 30.0 Å². The Kier molecular flexibility index (Phi) is 7.56. The molecule has 1 N–H and O–H groups in total. The van der Waals surface area contributed by atoms with E-state index in [2.05, 4.69) is 5.32 Å². The molecule has 0 unspecified atom stereocenters. The van der Waals surface area contributed by atoms with E-state index in [0.717, 1.165) is 16.7 Å². The van der Waals surface area contributed by atoms with Crippen molar-refractivity contribution in [3.63, 3.8) is 0 Å². The maximum atomic E-state index is 13.5. The van der Waals surface area contributed by atoms with Crippen molar-refractivity contribution >= 4 is 23.2 Å². The molecule has 0 saturated heterocycles. The highest BCUT2D eigenvalue weighted by molar-refractivity contribution is 6.06. The molecule has 7 heteroatoms. The molecule has 0 saturated carbocycles. The molecule has 33 heavy (non-hydrogen) atoms. The van der Waals surface area contributed by atoms with Crippen molar-refractivity contribution in [2.75, 3.05) is 4.90 Å². The van der Waals surface area contributed by atoms with Gasteiger partial charge in [-0.15, -0.1) is 0 Å². The minimum Gasteiger partial charge on any atom is -0.354 e. The number of non-ortho nitro benzene ring substituents is 1. The summed E-state index contributed by atoms with van der Waals surface area (Å²) < 4.78 is 0. The molecule has 3 aromatic rings. The van der Waals surface area contributed by atoms with E-state index in [4.69, 9.17) is 0 Å². The van der Waals surface area contributed by atoms with E-state index in [0.29, 0.717) is 17.8 Å². The fraction of sp³-hybridized carbons (Fsp3) is 0.231. The van der Waals surface area contributed by atoms with Crippen molar-refractivity contribution in [1.29, 1.82) is 0 Å². The van der Waals surface area contributed by atoms with Gasteiger partial charge in [0.2, 0.25) is 5.91 Å². The number of amides is 2. The van der Waals surface area contributed by atoms with E-state index >= 15 is 0 Å². The van der Waals surface area contributed by atoms with Crippen LogP contribution in [0.2, 0.25) is 0 Å². The van der Waals surface area contributed by atoms with Gasteiger partial charge in [0.1, 0.15) is 0 Å². The lowest BCUT2D eigenvalue weighted by Crippen LogP contribution is -2.32. The van der Waals surface area contributed by atoms with Crippen molar-refractivity contribution in [3.8, 4) is 0 Å². The zero-order valence-electron chi connectivity index (χ0n) is 18.9. The molecule has 0 fully saturated rings. The van der Waals surface area contributed by atoms with Gasteiger partial charge in [-0.05, 0) is 56.2 Å². The first-order chi connectivity index (χ1) is 15.7. The summed E-state index contributed by atoms with van der Waals surface area (Å²) in [5, 5.41) is 13.8. The number of nitrogens with one attached hydrogen (secondary N) is 1. The van der Waals surface area contributed by atoms with Gasteiger partial charge in [-0.2, -0.15) is 0 Å². The average Bonchev–Trinajstić information content (AvgIpc) is 2.78. The molecular formula is C26H27N3O4. The van der Waals surface area contributed by atoms with Gasteiger partial charge in [-0.1, -0.05) is 42.0 Å².